The van der Waals surface area contributed by atoms with E-state index in [9.17, 15) is 14.7 Å². The molecule has 0 rings (SSSR count). The van der Waals surface area contributed by atoms with Gasteiger partial charge in [-0.3, -0.25) is 9.59 Å². The van der Waals surface area contributed by atoms with Gasteiger partial charge < -0.3 is 9.84 Å². The standard InChI is InChI=1S/C17H32O4/c1-5-6-7-10-15(21-13-18)11-8-9-14(19)12-16(20)17(2,3)4/h13,15-16,20H,5-12H2,1-4H3/t15-,16-/m1/s1. The normalized spacial score (nSPS) is 14.5. The first kappa shape index (κ1) is 20.1. The number of hydrogen-bond donors (Lipinski definition) is 1. The van der Waals surface area contributed by atoms with Crippen molar-refractivity contribution in [2.75, 3.05) is 0 Å². The summed E-state index contributed by atoms with van der Waals surface area (Å²) in [6.07, 6.45) is 5.59. The Hall–Kier alpha value is -0.900. The molecule has 0 unspecified atom stereocenters. The fraction of sp³-hybridized carbons (Fsp3) is 0.882. The number of hydrogen-bond acceptors (Lipinski definition) is 4. The third-order valence-electron chi connectivity index (χ3n) is 3.78. The lowest BCUT2D eigenvalue weighted by Gasteiger charge is -2.25. The van der Waals surface area contributed by atoms with Crippen LogP contribution in [0.3, 0.4) is 0 Å². The van der Waals surface area contributed by atoms with Crippen molar-refractivity contribution >= 4 is 12.3 Å². The van der Waals surface area contributed by atoms with E-state index in [-0.39, 0.29) is 23.7 Å². The zero-order valence-electron chi connectivity index (χ0n) is 14.1. The fourth-order valence-electron chi connectivity index (χ4n) is 2.13. The van der Waals surface area contributed by atoms with Crippen LogP contribution >= 0.6 is 0 Å². The summed E-state index contributed by atoms with van der Waals surface area (Å²) in [6, 6.07) is 0. The smallest absolute Gasteiger partial charge is 0.293 e. The van der Waals surface area contributed by atoms with Crippen LogP contribution in [0.25, 0.3) is 0 Å². The number of aliphatic hydroxyl groups is 1. The first-order valence-electron chi connectivity index (χ1n) is 8.10. The summed E-state index contributed by atoms with van der Waals surface area (Å²) < 4.78 is 5.06. The van der Waals surface area contributed by atoms with Crippen LogP contribution in [0.4, 0.5) is 0 Å². The minimum absolute atomic E-state index is 0.0746. The minimum atomic E-state index is -0.600. The molecule has 0 aromatic rings. The maximum Gasteiger partial charge on any atom is 0.293 e. The monoisotopic (exact) mass is 300 g/mol. The van der Waals surface area contributed by atoms with Crippen molar-refractivity contribution in [2.24, 2.45) is 5.41 Å². The molecule has 0 aliphatic heterocycles. The molecular formula is C17H32O4. The zero-order chi connectivity index (χ0) is 16.3. The van der Waals surface area contributed by atoms with Gasteiger partial charge in [-0.25, -0.2) is 0 Å². The highest BCUT2D eigenvalue weighted by atomic mass is 16.5. The Bertz CT molecular complexity index is 294. The molecule has 0 spiro atoms. The van der Waals surface area contributed by atoms with E-state index in [1.165, 1.54) is 0 Å². The van der Waals surface area contributed by atoms with Crippen LogP contribution in [-0.4, -0.2) is 29.6 Å². The van der Waals surface area contributed by atoms with Gasteiger partial charge in [-0.05, 0) is 31.1 Å². The summed E-state index contributed by atoms with van der Waals surface area (Å²) in [5, 5.41) is 9.90. The van der Waals surface area contributed by atoms with Gasteiger partial charge in [0.1, 0.15) is 11.9 Å². The van der Waals surface area contributed by atoms with Crippen molar-refractivity contribution in [1.82, 2.24) is 0 Å². The van der Waals surface area contributed by atoms with Gasteiger partial charge in [0.15, 0.2) is 0 Å². The van der Waals surface area contributed by atoms with Gasteiger partial charge in [0.25, 0.3) is 6.47 Å². The number of carbonyl (C=O) groups is 2. The molecule has 0 radical (unpaired) electrons. The maximum absolute atomic E-state index is 11.8. The minimum Gasteiger partial charge on any atom is -0.465 e. The summed E-state index contributed by atoms with van der Waals surface area (Å²) in [7, 11) is 0. The topological polar surface area (TPSA) is 63.6 Å². The predicted molar refractivity (Wildman–Crippen MR) is 84.0 cm³/mol. The molecule has 4 nitrogen and oxygen atoms in total. The SMILES string of the molecule is CCCCC[C@H](CCCC(=O)C[C@@H](O)C(C)(C)C)OC=O. The van der Waals surface area contributed by atoms with Crippen LogP contribution in [0.2, 0.25) is 0 Å². The van der Waals surface area contributed by atoms with Crippen molar-refractivity contribution in [1.29, 1.82) is 0 Å². The lowest BCUT2D eigenvalue weighted by molar-refractivity contribution is -0.134. The molecule has 1 N–H and O–H groups in total. The second-order valence-electron chi connectivity index (χ2n) is 6.87. The van der Waals surface area contributed by atoms with Crippen LogP contribution in [0, 0.1) is 5.41 Å². The summed E-state index contributed by atoms with van der Waals surface area (Å²) in [6.45, 7) is 8.41. The molecule has 0 amide bonds. The number of aliphatic hydroxyl groups excluding tert-OH is 1. The molecule has 0 aliphatic rings. The van der Waals surface area contributed by atoms with Crippen LogP contribution in [-0.2, 0) is 14.3 Å². The van der Waals surface area contributed by atoms with E-state index in [2.05, 4.69) is 6.92 Å². The molecule has 0 saturated carbocycles. The Morgan fingerprint density at radius 2 is 1.81 bits per heavy atom. The molecule has 4 heteroatoms. The van der Waals surface area contributed by atoms with Gasteiger partial charge >= 0.3 is 0 Å². The molecule has 0 saturated heterocycles. The number of Topliss-reactive ketones (excluding diaryl/α,β-unsaturated/α-hetero) is 1. The van der Waals surface area contributed by atoms with E-state index >= 15 is 0 Å². The van der Waals surface area contributed by atoms with Crippen molar-refractivity contribution in [3.05, 3.63) is 0 Å². The Morgan fingerprint density at radius 3 is 2.33 bits per heavy atom. The highest BCUT2D eigenvalue weighted by Crippen LogP contribution is 2.22. The van der Waals surface area contributed by atoms with E-state index in [1.54, 1.807) is 0 Å². The molecule has 124 valence electrons. The molecule has 0 fully saturated rings. The first-order valence-corrected chi connectivity index (χ1v) is 8.10. The first-order chi connectivity index (χ1) is 9.81. The average molecular weight is 300 g/mol. The van der Waals surface area contributed by atoms with Crippen molar-refractivity contribution in [3.63, 3.8) is 0 Å². The molecular weight excluding hydrogens is 268 g/mol. The average Bonchev–Trinajstić information content (AvgIpc) is 2.37. The van der Waals surface area contributed by atoms with E-state index < -0.39 is 6.10 Å². The van der Waals surface area contributed by atoms with Gasteiger partial charge in [0.05, 0.1) is 6.10 Å². The molecule has 0 aromatic carbocycles. The fourth-order valence-corrected chi connectivity index (χ4v) is 2.13. The summed E-state index contributed by atoms with van der Waals surface area (Å²) in [4.78, 5) is 22.3. The zero-order valence-corrected chi connectivity index (χ0v) is 14.1. The molecule has 2 atom stereocenters. The third kappa shape index (κ3) is 10.5. The Morgan fingerprint density at radius 1 is 1.19 bits per heavy atom. The number of unbranched alkanes of at least 4 members (excludes halogenated alkanes) is 2. The summed E-state index contributed by atoms with van der Waals surface area (Å²) >= 11 is 0. The van der Waals surface area contributed by atoms with Crippen LogP contribution in [0.5, 0.6) is 0 Å². The molecule has 0 bridgehead atoms. The van der Waals surface area contributed by atoms with Gasteiger partial charge in [-0.2, -0.15) is 0 Å². The van der Waals surface area contributed by atoms with Gasteiger partial charge in [-0.1, -0.05) is 40.5 Å². The number of rotatable bonds is 12. The predicted octanol–water partition coefficient (Wildman–Crippen LogP) is 3.64. The third-order valence-corrected chi connectivity index (χ3v) is 3.78. The molecule has 0 aliphatic carbocycles. The Labute approximate surface area is 129 Å². The maximum atomic E-state index is 11.8. The number of carbonyl (C=O) groups excluding carboxylic acids is 2. The van der Waals surface area contributed by atoms with E-state index in [4.69, 9.17) is 4.74 Å². The van der Waals surface area contributed by atoms with Crippen LogP contribution in [0.1, 0.15) is 79.1 Å². The number of ether oxygens (including phenoxy) is 1. The van der Waals surface area contributed by atoms with Crippen molar-refractivity contribution in [2.45, 2.75) is 91.3 Å². The Kier molecular flexibility index (Phi) is 10.3. The highest BCUT2D eigenvalue weighted by molar-refractivity contribution is 5.78. The van der Waals surface area contributed by atoms with E-state index in [0.717, 1.165) is 32.1 Å². The lowest BCUT2D eigenvalue weighted by Crippen LogP contribution is -2.28. The molecule has 0 heterocycles. The van der Waals surface area contributed by atoms with Crippen LogP contribution < -0.4 is 0 Å². The van der Waals surface area contributed by atoms with Crippen LogP contribution in [0.15, 0.2) is 0 Å². The second kappa shape index (κ2) is 10.8. The van der Waals surface area contributed by atoms with Gasteiger partial charge in [-0.15, -0.1) is 0 Å². The number of ketones is 1. The van der Waals surface area contributed by atoms with Crippen molar-refractivity contribution < 1.29 is 19.4 Å². The van der Waals surface area contributed by atoms with Gasteiger partial charge in [0, 0.05) is 12.8 Å². The Balaban J connectivity index is 3.96. The quantitative estimate of drug-likeness (QED) is 0.441. The summed E-state index contributed by atoms with van der Waals surface area (Å²) in [5.41, 5.74) is -0.265. The summed E-state index contributed by atoms with van der Waals surface area (Å²) in [5.74, 6) is 0.0795. The molecule has 21 heavy (non-hydrogen) atoms. The highest BCUT2D eigenvalue weighted by Gasteiger charge is 2.24. The lowest BCUT2D eigenvalue weighted by atomic mass is 9.85. The molecule has 0 aromatic heterocycles. The van der Waals surface area contributed by atoms with E-state index in [0.29, 0.717) is 19.3 Å². The van der Waals surface area contributed by atoms with E-state index in [1.807, 2.05) is 20.8 Å². The van der Waals surface area contributed by atoms with Crippen molar-refractivity contribution in [3.8, 4) is 0 Å². The van der Waals surface area contributed by atoms with Gasteiger partial charge in [0.2, 0.25) is 0 Å². The largest absolute Gasteiger partial charge is 0.465 e. The second-order valence-corrected chi connectivity index (χ2v) is 6.87.